The van der Waals surface area contributed by atoms with Crippen molar-refractivity contribution in [1.29, 1.82) is 0 Å². The molecule has 3 aromatic rings. The molecule has 0 aliphatic heterocycles. The Balaban J connectivity index is 1.97. The number of aromatic hydroxyl groups is 1. The predicted octanol–water partition coefficient (Wildman–Crippen LogP) is 3.62. The van der Waals surface area contributed by atoms with Crippen molar-refractivity contribution in [2.45, 2.75) is 13.8 Å². The predicted molar refractivity (Wildman–Crippen MR) is 136 cm³/mol. The highest BCUT2D eigenvalue weighted by Crippen LogP contribution is 2.24. The van der Waals surface area contributed by atoms with Gasteiger partial charge in [-0.1, -0.05) is 45.4 Å². The van der Waals surface area contributed by atoms with Gasteiger partial charge in [-0.05, 0) is 49.7 Å². The van der Waals surface area contributed by atoms with Crippen molar-refractivity contribution in [3.8, 4) is 5.88 Å². The van der Waals surface area contributed by atoms with Crippen LogP contribution in [0.4, 0.5) is 11.4 Å². The van der Waals surface area contributed by atoms with Crippen LogP contribution in [0.1, 0.15) is 16.7 Å². The Morgan fingerprint density at radius 1 is 1.09 bits per heavy atom. The van der Waals surface area contributed by atoms with Gasteiger partial charge in [0, 0.05) is 24.3 Å². The van der Waals surface area contributed by atoms with Crippen LogP contribution < -0.4 is 16.6 Å². The van der Waals surface area contributed by atoms with Crippen LogP contribution in [0.15, 0.2) is 61.5 Å². The third-order valence-electron chi connectivity index (χ3n) is 4.91. The third-order valence-corrected chi connectivity index (χ3v) is 6.38. The maximum atomic E-state index is 12.9. The fourth-order valence-corrected chi connectivity index (χ4v) is 4.31. The summed E-state index contributed by atoms with van der Waals surface area (Å²) in [5.41, 5.74) is 1.64. The third kappa shape index (κ3) is 5.63. The van der Waals surface area contributed by atoms with E-state index in [1.54, 1.807) is 18.2 Å². The molecule has 8 nitrogen and oxygen atoms in total. The van der Waals surface area contributed by atoms with Crippen LogP contribution in [-0.4, -0.2) is 30.9 Å². The van der Waals surface area contributed by atoms with Crippen LogP contribution in [-0.2, 0) is 18.9 Å². The number of carbonyl (C=O) groups excluding carboxylic acids is 1. The van der Waals surface area contributed by atoms with Crippen LogP contribution >= 0.6 is 27.7 Å². The Hall–Kier alpha value is -3.11. The van der Waals surface area contributed by atoms with Gasteiger partial charge >= 0.3 is 5.69 Å². The molecule has 10 heteroatoms. The largest absolute Gasteiger partial charge is 0.494 e. The minimum absolute atomic E-state index is 0.0639. The zero-order chi connectivity index (χ0) is 24.3. The smallest absolute Gasteiger partial charge is 0.333 e. The topological polar surface area (TPSA) is 106 Å². The Morgan fingerprint density at radius 2 is 1.76 bits per heavy atom. The summed E-state index contributed by atoms with van der Waals surface area (Å²) in [6.45, 7) is 3.82. The summed E-state index contributed by atoms with van der Waals surface area (Å²) in [5, 5.41) is 13.6. The molecule has 33 heavy (non-hydrogen) atoms. The highest BCUT2D eigenvalue weighted by molar-refractivity contribution is 9.10. The lowest BCUT2D eigenvalue weighted by atomic mass is 10.2. The number of aliphatic imine (C=N–C) groups is 1. The molecule has 0 fully saturated rings. The number of thioether (sulfide) groups is 1. The average Bonchev–Trinajstić information content (AvgIpc) is 2.78. The summed E-state index contributed by atoms with van der Waals surface area (Å²) in [6, 6.07) is 12.8. The number of halogens is 1. The minimum atomic E-state index is -0.696. The molecule has 0 spiro atoms. The SMILES string of the molecule is Cc1ccc(N=C(SCC(=O)Nc2ccc(Br)cc2C)c2c(O)n(C)c(=O)n(C)c2=O)cc1. The number of rotatable bonds is 5. The first kappa shape index (κ1) is 24.5. The number of aromatic nitrogens is 2. The highest BCUT2D eigenvalue weighted by Gasteiger charge is 2.22. The zero-order valence-corrected chi connectivity index (χ0v) is 21.0. The molecule has 2 aromatic carbocycles. The van der Waals surface area contributed by atoms with Gasteiger partial charge in [0.1, 0.15) is 10.6 Å². The van der Waals surface area contributed by atoms with Crippen molar-refractivity contribution in [3.05, 3.63) is 84.5 Å². The summed E-state index contributed by atoms with van der Waals surface area (Å²) in [4.78, 5) is 42.2. The lowest BCUT2D eigenvalue weighted by Crippen LogP contribution is -2.39. The van der Waals surface area contributed by atoms with Gasteiger partial charge in [0.25, 0.3) is 5.56 Å². The second-order valence-corrected chi connectivity index (χ2v) is 9.33. The molecule has 172 valence electrons. The number of nitrogens with zero attached hydrogens (tertiary/aromatic N) is 3. The van der Waals surface area contributed by atoms with Gasteiger partial charge in [0.15, 0.2) is 0 Å². The lowest BCUT2D eigenvalue weighted by molar-refractivity contribution is -0.113. The van der Waals surface area contributed by atoms with Crippen molar-refractivity contribution in [3.63, 3.8) is 0 Å². The Labute approximate surface area is 203 Å². The van der Waals surface area contributed by atoms with Gasteiger partial charge in [-0.3, -0.25) is 18.7 Å². The summed E-state index contributed by atoms with van der Waals surface area (Å²) < 4.78 is 2.76. The molecular formula is C23H23BrN4O4S. The second kappa shape index (κ2) is 10.2. The normalized spacial score (nSPS) is 11.5. The Bertz CT molecular complexity index is 1360. The van der Waals surface area contributed by atoms with E-state index in [0.717, 1.165) is 36.5 Å². The number of nitrogens with one attached hydrogen (secondary N) is 1. The Morgan fingerprint density at radius 3 is 2.39 bits per heavy atom. The van der Waals surface area contributed by atoms with Crippen LogP contribution in [0.3, 0.4) is 0 Å². The lowest BCUT2D eigenvalue weighted by Gasteiger charge is -2.13. The number of benzene rings is 2. The van der Waals surface area contributed by atoms with E-state index in [1.807, 2.05) is 38.1 Å². The monoisotopic (exact) mass is 530 g/mol. The molecule has 1 amide bonds. The van der Waals surface area contributed by atoms with Crippen LogP contribution in [0.25, 0.3) is 0 Å². The first-order chi connectivity index (χ1) is 15.6. The average molecular weight is 531 g/mol. The molecule has 0 aliphatic carbocycles. The molecule has 0 unspecified atom stereocenters. The van der Waals surface area contributed by atoms with E-state index in [4.69, 9.17) is 0 Å². The first-order valence-corrected chi connectivity index (χ1v) is 11.7. The van der Waals surface area contributed by atoms with Crippen LogP contribution in [0.5, 0.6) is 5.88 Å². The standard InChI is InChI=1S/C23H23BrN4O4S/c1-13-5-8-16(9-6-13)25-20(19-21(30)27(3)23(32)28(4)22(19)31)33-12-18(29)26-17-10-7-15(24)11-14(17)2/h5-11,30H,12H2,1-4H3,(H,26,29). The molecule has 1 aromatic heterocycles. The summed E-state index contributed by atoms with van der Waals surface area (Å²) in [7, 11) is 2.68. The van der Waals surface area contributed by atoms with Gasteiger partial charge in [0.2, 0.25) is 11.8 Å². The summed E-state index contributed by atoms with van der Waals surface area (Å²) in [6.07, 6.45) is 0. The molecule has 2 N–H and O–H groups in total. The number of aryl methyl sites for hydroxylation is 2. The molecule has 0 aliphatic rings. The summed E-state index contributed by atoms with van der Waals surface area (Å²) in [5.74, 6) is -0.875. The molecule has 3 rings (SSSR count). The number of anilines is 1. The molecule has 1 heterocycles. The highest BCUT2D eigenvalue weighted by atomic mass is 79.9. The second-order valence-electron chi connectivity index (χ2n) is 7.45. The molecule has 0 saturated heterocycles. The van der Waals surface area contributed by atoms with Crippen molar-refractivity contribution in [2.24, 2.45) is 19.1 Å². The van der Waals surface area contributed by atoms with Crippen molar-refractivity contribution >= 4 is 50.0 Å². The van der Waals surface area contributed by atoms with E-state index < -0.39 is 17.1 Å². The quantitative estimate of drug-likeness (QED) is 0.387. The molecule has 0 saturated carbocycles. The Kier molecular flexibility index (Phi) is 7.60. The zero-order valence-electron chi connectivity index (χ0n) is 18.5. The number of carbonyl (C=O) groups is 1. The van der Waals surface area contributed by atoms with Gasteiger partial charge in [-0.15, -0.1) is 0 Å². The van der Waals surface area contributed by atoms with Crippen molar-refractivity contribution in [2.75, 3.05) is 11.1 Å². The number of hydrogen-bond donors (Lipinski definition) is 2. The van der Waals surface area contributed by atoms with Crippen LogP contribution in [0, 0.1) is 13.8 Å². The molecule has 0 radical (unpaired) electrons. The van der Waals surface area contributed by atoms with Gasteiger partial charge in [-0.25, -0.2) is 9.79 Å². The van der Waals surface area contributed by atoms with E-state index >= 15 is 0 Å². The van der Waals surface area contributed by atoms with E-state index in [9.17, 15) is 19.5 Å². The fraction of sp³-hybridized carbons (Fsp3) is 0.217. The summed E-state index contributed by atoms with van der Waals surface area (Å²) >= 11 is 4.39. The fourth-order valence-electron chi connectivity index (χ4n) is 3.01. The van der Waals surface area contributed by atoms with E-state index in [0.29, 0.717) is 11.4 Å². The maximum Gasteiger partial charge on any atom is 0.333 e. The number of hydrogen-bond acceptors (Lipinski definition) is 6. The first-order valence-electron chi connectivity index (χ1n) is 9.92. The van der Waals surface area contributed by atoms with Gasteiger partial charge < -0.3 is 10.4 Å². The molecular weight excluding hydrogens is 508 g/mol. The molecule has 0 atom stereocenters. The van der Waals surface area contributed by atoms with Crippen molar-refractivity contribution in [1.82, 2.24) is 9.13 Å². The minimum Gasteiger partial charge on any atom is -0.494 e. The molecule has 0 bridgehead atoms. The van der Waals surface area contributed by atoms with Crippen molar-refractivity contribution < 1.29 is 9.90 Å². The van der Waals surface area contributed by atoms with E-state index in [-0.39, 0.29) is 22.3 Å². The van der Waals surface area contributed by atoms with E-state index in [2.05, 4.69) is 26.2 Å². The van der Waals surface area contributed by atoms with E-state index in [1.165, 1.54) is 14.1 Å². The number of amides is 1. The van der Waals surface area contributed by atoms with Crippen LogP contribution in [0.2, 0.25) is 0 Å². The maximum absolute atomic E-state index is 12.9. The van der Waals surface area contributed by atoms with Gasteiger partial charge in [-0.2, -0.15) is 0 Å². The van der Waals surface area contributed by atoms with Gasteiger partial charge in [0.05, 0.1) is 11.4 Å².